The summed E-state index contributed by atoms with van der Waals surface area (Å²) in [6, 6.07) is 26.9. The fourth-order valence-electron chi connectivity index (χ4n) is 3.81. The fraction of sp³-hybridized carbons (Fsp3) is 0.185. The second kappa shape index (κ2) is 9.96. The van der Waals surface area contributed by atoms with Gasteiger partial charge < -0.3 is 15.1 Å². The van der Waals surface area contributed by atoms with Crippen LogP contribution in [0.2, 0.25) is 0 Å². The van der Waals surface area contributed by atoms with E-state index in [-0.39, 0.29) is 17.5 Å². The van der Waals surface area contributed by atoms with Crippen LogP contribution < -0.4 is 10.2 Å². The van der Waals surface area contributed by atoms with Crippen molar-refractivity contribution in [1.29, 1.82) is 0 Å². The summed E-state index contributed by atoms with van der Waals surface area (Å²) in [4.78, 5) is 30.3. The van der Waals surface area contributed by atoms with Crippen LogP contribution >= 0.6 is 0 Å². The topological polar surface area (TPSA) is 52.6 Å². The molecule has 3 aromatic rings. The Labute approximate surface area is 189 Å². The van der Waals surface area contributed by atoms with Crippen molar-refractivity contribution in [3.05, 3.63) is 107 Å². The lowest BCUT2D eigenvalue weighted by molar-refractivity contribution is -0.127. The normalized spacial score (nSPS) is 14.2. The number of amides is 2. The molecule has 0 saturated carbocycles. The zero-order valence-corrected chi connectivity index (χ0v) is 18.2. The largest absolute Gasteiger partial charge is 0.368 e. The van der Waals surface area contributed by atoms with Crippen LogP contribution in [0.15, 0.2) is 90.6 Å². The highest BCUT2D eigenvalue weighted by Crippen LogP contribution is 2.19. The molecule has 5 nitrogen and oxygen atoms in total. The Bertz CT molecular complexity index is 1100. The van der Waals surface area contributed by atoms with E-state index in [0.29, 0.717) is 18.7 Å². The minimum absolute atomic E-state index is 0.165. The van der Waals surface area contributed by atoms with Gasteiger partial charge in [0.1, 0.15) is 5.70 Å². The third kappa shape index (κ3) is 5.24. The summed E-state index contributed by atoms with van der Waals surface area (Å²) in [6.07, 6.45) is 1.75. The summed E-state index contributed by atoms with van der Waals surface area (Å²) in [5.74, 6) is -0.457. The van der Waals surface area contributed by atoms with Gasteiger partial charge in [-0.1, -0.05) is 60.7 Å². The Morgan fingerprint density at radius 3 is 2.12 bits per heavy atom. The van der Waals surface area contributed by atoms with Gasteiger partial charge in [-0.25, -0.2) is 0 Å². The third-order valence-electron chi connectivity index (χ3n) is 5.56. The lowest BCUT2D eigenvalue weighted by atomic mass is 10.1. The van der Waals surface area contributed by atoms with E-state index in [1.807, 2.05) is 53.4 Å². The van der Waals surface area contributed by atoms with E-state index < -0.39 is 0 Å². The molecule has 1 aliphatic rings. The Hall–Kier alpha value is -3.86. The number of carbonyl (C=O) groups excluding carboxylic acids is 2. The highest BCUT2D eigenvalue weighted by atomic mass is 16.2. The van der Waals surface area contributed by atoms with E-state index in [0.717, 1.165) is 18.7 Å². The molecule has 32 heavy (non-hydrogen) atoms. The molecular formula is C27H27N3O2. The number of hydrogen-bond acceptors (Lipinski definition) is 3. The number of rotatable bonds is 5. The fourth-order valence-corrected chi connectivity index (χ4v) is 3.81. The number of aryl methyl sites for hydroxylation is 1. The second-order valence-electron chi connectivity index (χ2n) is 7.91. The van der Waals surface area contributed by atoms with Crippen molar-refractivity contribution in [2.45, 2.75) is 6.92 Å². The van der Waals surface area contributed by atoms with Crippen molar-refractivity contribution in [3.63, 3.8) is 0 Å². The lowest BCUT2D eigenvalue weighted by Crippen LogP contribution is -2.50. The van der Waals surface area contributed by atoms with Crippen LogP contribution in [-0.4, -0.2) is 42.9 Å². The van der Waals surface area contributed by atoms with Gasteiger partial charge in [0.25, 0.3) is 11.8 Å². The maximum atomic E-state index is 13.4. The molecule has 0 aliphatic carbocycles. The molecule has 0 atom stereocenters. The summed E-state index contributed by atoms with van der Waals surface area (Å²) in [5, 5.41) is 2.85. The molecule has 1 fully saturated rings. The second-order valence-corrected chi connectivity index (χ2v) is 7.91. The van der Waals surface area contributed by atoms with Gasteiger partial charge in [0.15, 0.2) is 0 Å². The van der Waals surface area contributed by atoms with E-state index in [2.05, 4.69) is 41.4 Å². The number of nitrogens with one attached hydrogen (secondary N) is 1. The summed E-state index contributed by atoms with van der Waals surface area (Å²) in [6.45, 7) is 4.78. The van der Waals surface area contributed by atoms with Crippen molar-refractivity contribution in [2.75, 3.05) is 31.1 Å². The van der Waals surface area contributed by atoms with Crippen LogP contribution in [0.1, 0.15) is 21.5 Å². The summed E-state index contributed by atoms with van der Waals surface area (Å²) >= 11 is 0. The maximum absolute atomic E-state index is 13.4. The maximum Gasteiger partial charge on any atom is 0.270 e. The van der Waals surface area contributed by atoms with E-state index >= 15 is 0 Å². The molecule has 1 saturated heterocycles. The molecule has 1 aliphatic heterocycles. The van der Waals surface area contributed by atoms with Gasteiger partial charge in [0.05, 0.1) is 0 Å². The Kier molecular flexibility index (Phi) is 6.66. The van der Waals surface area contributed by atoms with E-state index in [9.17, 15) is 9.59 Å². The van der Waals surface area contributed by atoms with Gasteiger partial charge >= 0.3 is 0 Å². The highest BCUT2D eigenvalue weighted by molar-refractivity contribution is 6.05. The van der Waals surface area contributed by atoms with Gasteiger partial charge in [-0.05, 0) is 48.4 Å². The van der Waals surface area contributed by atoms with Crippen LogP contribution in [0, 0.1) is 6.92 Å². The van der Waals surface area contributed by atoms with E-state index in [4.69, 9.17) is 0 Å². The summed E-state index contributed by atoms with van der Waals surface area (Å²) in [7, 11) is 0. The molecule has 1 heterocycles. The minimum Gasteiger partial charge on any atom is -0.368 e. The molecule has 162 valence electrons. The first kappa shape index (κ1) is 21.4. The van der Waals surface area contributed by atoms with Gasteiger partial charge in [0.2, 0.25) is 0 Å². The van der Waals surface area contributed by atoms with Gasteiger partial charge in [-0.15, -0.1) is 0 Å². The van der Waals surface area contributed by atoms with E-state index in [1.165, 1.54) is 11.3 Å². The van der Waals surface area contributed by atoms with Crippen molar-refractivity contribution >= 4 is 23.6 Å². The van der Waals surface area contributed by atoms with Crippen LogP contribution in [0.3, 0.4) is 0 Å². The molecule has 1 N–H and O–H groups in total. The number of benzene rings is 3. The molecule has 0 bridgehead atoms. The number of nitrogens with zero attached hydrogens (tertiary/aromatic N) is 2. The van der Waals surface area contributed by atoms with Gasteiger partial charge in [-0.3, -0.25) is 9.59 Å². The molecule has 0 aromatic heterocycles. The summed E-state index contributed by atoms with van der Waals surface area (Å²) in [5.41, 5.74) is 4.06. The Morgan fingerprint density at radius 1 is 0.812 bits per heavy atom. The SMILES string of the molecule is Cc1cccc(N2CCN(C(=O)C(=Cc3ccccc3)NC(=O)c3ccccc3)CC2)c1. The zero-order valence-electron chi connectivity index (χ0n) is 18.2. The smallest absolute Gasteiger partial charge is 0.270 e. The quantitative estimate of drug-likeness (QED) is 0.626. The van der Waals surface area contributed by atoms with Crippen molar-refractivity contribution in [2.24, 2.45) is 0 Å². The predicted octanol–water partition coefficient (Wildman–Crippen LogP) is 4.11. The predicted molar refractivity (Wildman–Crippen MR) is 128 cm³/mol. The standard InChI is InChI=1S/C27H27N3O2/c1-21-9-8-14-24(19-21)29-15-17-30(18-16-29)27(32)25(20-22-10-4-2-5-11-22)28-26(31)23-12-6-3-7-13-23/h2-14,19-20H,15-18H2,1H3,(H,28,31). The average Bonchev–Trinajstić information content (AvgIpc) is 2.84. The first-order valence-corrected chi connectivity index (χ1v) is 10.8. The Balaban J connectivity index is 1.50. The van der Waals surface area contributed by atoms with Crippen molar-refractivity contribution in [3.8, 4) is 0 Å². The van der Waals surface area contributed by atoms with Gasteiger partial charge in [-0.2, -0.15) is 0 Å². The molecule has 0 spiro atoms. The zero-order chi connectivity index (χ0) is 22.3. The van der Waals surface area contributed by atoms with Crippen molar-refractivity contribution < 1.29 is 9.59 Å². The molecule has 5 heteroatoms. The van der Waals surface area contributed by atoms with Crippen molar-refractivity contribution in [1.82, 2.24) is 10.2 Å². The van der Waals surface area contributed by atoms with Crippen LogP contribution in [0.4, 0.5) is 5.69 Å². The van der Waals surface area contributed by atoms with E-state index in [1.54, 1.807) is 18.2 Å². The molecule has 0 unspecified atom stereocenters. The molecule has 2 amide bonds. The van der Waals surface area contributed by atoms with Crippen LogP contribution in [0.25, 0.3) is 6.08 Å². The molecule has 0 radical (unpaired) electrons. The van der Waals surface area contributed by atoms with Crippen LogP contribution in [-0.2, 0) is 4.79 Å². The monoisotopic (exact) mass is 425 g/mol. The first-order chi connectivity index (χ1) is 15.6. The lowest BCUT2D eigenvalue weighted by Gasteiger charge is -2.36. The van der Waals surface area contributed by atoms with Gasteiger partial charge in [0, 0.05) is 37.4 Å². The number of piperazine rings is 1. The highest BCUT2D eigenvalue weighted by Gasteiger charge is 2.25. The third-order valence-corrected chi connectivity index (χ3v) is 5.56. The number of anilines is 1. The number of hydrogen-bond donors (Lipinski definition) is 1. The summed E-state index contributed by atoms with van der Waals surface area (Å²) < 4.78 is 0. The number of carbonyl (C=O) groups is 2. The molecule has 4 rings (SSSR count). The average molecular weight is 426 g/mol. The first-order valence-electron chi connectivity index (χ1n) is 10.8. The van der Waals surface area contributed by atoms with Crippen LogP contribution in [0.5, 0.6) is 0 Å². The minimum atomic E-state index is -0.292. The Morgan fingerprint density at radius 2 is 1.47 bits per heavy atom. The molecule has 3 aromatic carbocycles. The molecular weight excluding hydrogens is 398 g/mol.